The highest BCUT2D eigenvalue weighted by atomic mass is 32.2. The molecule has 1 aromatic rings. The molecule has 15 heavy (non-hydrogen) atoms. The first-order chi connectivity index (χ1) is 7.17. The van der Waals surface area contributed by atoms with Gasteiger partial charge in [-0.1, -0.05) is 6.07 Å². The number of aliphatic hydroxyl groups is 1. The maximum atomic E-state index is 11.6. The molecule has 0 aliphatic rings. The van der Waals surface area contributed by atoms with Crippen molar-refractivity contribution in [2.75, 3.05) is 13.2 Å². The van der Waals surface area contributed by atoms with Gasteiger partial charge in [-0.3, -0.25) is 0 Å². The Balaban J connectivity index is 2.32. The molecule has 0 bridgehead atoms. The molecule has 1 heterocycles. The molecule has 0 amide bonds. The van der Waals surface area contributed by atoms with Gasteiger partial charge in [-0.25, -0.2) is 13.1 Å². The molecule has 0 saturated heterocycles. The molecule has 1 rings (SSSR count). The summed E-state index contributed by atoms with van der Waals surface area (Å²) >= 11 is 1.21. The highest BCUT2D eigenvalue weighted by Gasteiger charge is 2.13. The number of aliphatic hydroxyl groups excluding tert-OH is 1. The molecule has 0 saturated carbocycles. The van der Waals surface area contributed by atoms with E-state index >= 15 is 0 Å². The fraction of sp³-hybridized carbons (Fsp3) is 0.556. The first kappa shape index (κ1) is 12.6. The predicted molar refractivity (Wildman–Crippen MR) is 60.4 cm³/mol. The monoisotopic (exact) mass is 249 g/mol. The minimum absolute atomic E-state index is 0.164. The molecule has 0 spiro atoms. The summed E-state index contributed by atoms with van der Waals surface area (Å²) < 4.78 is 26.0. The Hall–Kier alpha value is -0.430. The summed E-state index contributed by atoms with van der Waals surface area (Å²) in [5.74, 6) is 0. The van der Waals surface area contributed by atoms with E-state index in [4.69, 9.17) is 5.11 Å². The lowest BCUT2D eigenvalue weighted by atomic mass is 10.2. The van der Waals surface area contributed by atoms with Gasteiger partial charge in [0.25, 0.3) is 0 Å². The van der Waals surface area contributed by atoms with E-state index in [0.29, 0.717) is 10.8 Å². The molecule has 0 unspecified atom stereocenters. The van der Waals surface area contributed by atoms with Gasteiger partial charge in [0.05, 0.1) is 0 Å². The average molecular weight is 249 g/mol. The molecule has 1 aromatic heterocycles. The molecule has 0 radical (unpaired) electrons. The topological polar surface area (TPSA) is 66.4 Å². The molecule has 0 aliphatic heterocycles. The molecular weight excluding hydrogens is 234 g/mol. The summed E-state index contributed by atoms with van der Waals surface area (Å²) in [6.45, 7) is 0.595. The minimum atomic E-state index is -3.30. The molecule has 4 nitrogen and oxygen atoms in total. The van der Waals surface area contributed by atoms with Crippen LogP contribution in [0.3, 0.4) is 0 Å². The maximum Gasteiger partial charge on any atom is 0.250 e. The van der Waals surface area contributed by atoms with Crippen LogP contribution in [0.1, 0.15) is 19.3 Å². The first-order valence-corrected chi connectivity index (χ1v) is 7.17. The standard InChI is InChI=1S/C9H15NO3S2/c11-7-3-1-2-6-10-15(12,13)9-5-4-8-14-9/h4-5,8,10-11H,1-3,6-7H2. The van der Waals surface area contributed by atoms with Gasteiger partial charge in [0.15, 0.2) is 0 Å². The predicted octanol–water partition coefficient (Wildman–Crippen LogP) is 1.19. The molecule has 2 N–H and O–H groups in total. The normalized spacial score (nSPS) is 11.8. The van der Waals surface area contributed by atoms with E-state index in [1.165, 1.54) is 11.3 Å². The van der Waals surface area contributed by atoms with E-state index in [-0.39, 0.29) is 6.61 Å². The van der Waals surface area contributed by atoms with Crippen LogP contribution < -0.4 is 4.72 Å². The fourth-order valence-electron chi connectivity index (χ4n) is 1.11. The summed E-state index contributed by atoms with van der Waals surface area (Å²) in [5, 5.41) is 10.3. The van der Waals surface area contributed by atoms with Gasteiger partial charge in [0.2, 0.25) is 10.0 Å². The summed E-state index contributed by atoms with van der Waals surface area (Å²) in [7, 11) is -3.30. The zero-order valence-corrected chi connectivity index (χ0v) is 9.98. The number of hydrogen-bond donors (Lipinski definition) is 2. The van der Waals surface area contributed by atoms with Crippen molar-refractivity contribution in [3.8, 4) is 0 Å². The average Bonchev–Trinajstić information content (AvgIpc) is 2.70. The van der Waals surface area contributed by atoms with Crippen molar-refractivity contribution in [3.63, 3.8) is 0 Å². The Labute approximate surface area is 94.0 Å². The van der Waals surface area contributed by atoms with Gasteiger partial charge in [0.1, 0.15) is 4.21 Å². The zero-order valence-electron chi connectivity index (χ0n) is 8.35. The number of nitrogens with one attached hydrogen (secondary N) is 1. The maximum absolute atomic E-state index is 11.6. The number of sulfonamides is 1. The van der Waals surface area contributed by atoms with Crippen LogP contribution in [0.4, 0.5) is 0 Å². The van der Waals surface area contributed by atoms with Crippen LogP contribution in [0.2, 0.25) is 0 Å². The number of rotatable bonds is 7. The van der Waals surface area contributed by atoms with Gasteiger partial charge < -0.3 is 5.11 Å². The quantitative estimate of drug-likeness (QED) is 0.713. The minimum Gasteiger partial charge on any atom is -0.396 e. The van der Waals surface area contributed by atoms with Crippen LogP contribution in [0.25, 0.3) is 0 Å². The Kier molecular flexibility index (Phi) is 5.24. The van der Waals surface area contributed by atoms with Crippen LogP contribution in [-0.4, -0.2) is 26.7 Å². The lowest BCUT2D eigenvalue weighted by Crippen LogP contribution is -2.23. The van der Waals surface area contributed by atoms with Crippen molar-refractivity contribution in [1.29, 1.82) is 0 Å². The van der Waals surface area contributed by atoms with Crippen molar-refractivity contribution < 1.29 is 13.5 Å². The zero-order chi connectivity index (χ0) is 11.1. The van der Waals surface area contributed by atoms with Crippen molar-refractivity contribution >= 4 is 21.4 Å². The van der Waals surface area contributed by atoms with Crippen LogP contribution in [-0.2, 0) is 10.0 Å². The summed E-state index contributed by atoms with van der Waals surface area (Å²) in [6, 6.07) is 3.30. The number of thiophene rings is 1. The summed E-state index contributed by atoms with van der Waals surface area (Å²) in [6.07, 6.45) is 2.31. The van der Waals surface area contributed by atoms with Crippen LogP contribution in [0, 0.1) is 0 Å². The van der Waals surface area contributed by atoms with E-state index in [9.17, 15) is 8.42 Å². The molecule has 6 heteroatoms. The van der Waals surface area contributed by atoms with Crippen LogP contribution in [0.15, 0.2) is 21.7 Å². The van der Waals surface area contributed by atoms with E-state index in [1.807, 2.05) is 0 Å². The molecule has 0 atom stereocenters. The first-order valence-electron chi connectivity index (χ1n) is 4.81. The van der Waals surface area contributed by atoms with E-state index in [1.54, 1.807) is 17.5 Å². The Bertz CT molecular complexity index is 359. The highest BCUT2D eigenvalue weighted by molar-refractivity contribution is 7.91. The Morgan fingerprint density at radius 2 is 2.13 bits per heavy atom. The third-order valence-corrected chi connectivity index (χ3v) is 4.75. The highest BCUT2D eigenvalue weighted by Crippen LogP contribution is 2.15. The van der Waals surface area contributed by atoms with Gasteiger partial charge in [-0.05, 0) is 30.7 Å². The van der Waals surface area contributed by atoms with E-state index in [2.05, 4.69) is 4.72 Å². The third kappa shape index (κ3) is 4.29. The molecule has 0 aliphatic carbocycles. The summed E-state index contributed by atoms with van der Waals surface area (Å²) in [4.78, 5) is 0. The smallest absolute Gasteiger partial charge is 0.250 e. The Morgan fingerprint density at radius 1 is 1.33 bits per heavy atom. The van der Waals surface area contributed by atoms with Gasteiger partial charge >= 0.3 is 0 Å². The second-order valence-electron chi connectivity index (χ2n) is 3.11. The number of unbranched alkanes of at least 4 members (excludes halogenated alkanes) is 2. The van der Waals surface area contributed by atoms with Crippen LogP contribution >= 0.6 is 11.3 Å². The Morgan fingerprint density at radius 3 is 2.73 bits per heavy atom. The van der Waals surface area contributed by atoms with Gasteiger partial charge in [-0.2, -0.15) is 0 Å². The van der Waals surface area contributed by atoms with E-state index < -0.39 is 10.0 Å². The van der Waals surface area contributed by atoms with Crippen LogP contribution in [0.5, 0.6) is 0 Å². The van der Waals surface area contributed by atoms with Crippen molar-refractivity contribution in [3.05, 3.63) is 17.5 Å². The molecular formula is C9H15NO3S2. The van der Waals surface area contributed by atoms with Crippen molar-refractivity contribution in [1.82, 2.24) is 4.72 Å². The molecule has 0 fully saturated rings. The number of hydrogen-bond acceptors (Lipinski definition) is 4. The lowest BCUT2D eigenvalue weighted by Gasteiger charge is -2.03. The second-order valence-corrected chi connectivity index (χ2v) is 6.06. The second kappa shape index (κ2) is 6.22. The van der Waals surface area contributed by atoms with Crippen molar-refractivity contribution in [2.45, 2.75) is 23.5 Å². The molecule has 86 valence electrons. The largest absolute Gasteiger partial charge is 0.396 e. The SMILES string of the molecule is O=S(=O)(NCCCCCO)c1cccs1. The fourth-order valence-corrected chi connectivity index (χ4v) is 3.22. The van der Waals surface area contributed by atoms with Gasteiger partial charge in [-0.15, -0.1) is 11.3 Å². The van der Waals surface area contributed by atoms with Gasteiger partial charge in [0, 0.05) is 13.2 Å². The molecule has 0 aromatic carbocycles. The van der Waals surface area contributed by atoms with Crippen molar-refractivity contribution in [2.24, 2.45) is 0 Å². The third-order valence-electron chi connectivity index (χ3n) is 1.89. The van der Waals surface area contributed by atoms with E-state index in [0.717, 1.165) is 19.3 Å². The lowest BCUT2D eigenvalue weighted by molar-refractivity contribution is 0.283. The summed E-state index contributed by atoms with van der Waals surface area (Å²) in [5.41, 5.74) is 0.